The third kappa shape index (κ3) is 3.12. The lowest BCUT2D eigenvalue weighted by molar-refractivity contribution is 0.0695. The summed E-state index contributed by atoms with van der Waals surface area (Å²) in [6.07, 6.45) is 3.19. The maximum Gasteiger partial charge on any atom is 0.341 e. The molecule has 4 N–H and O–H groups in total. The van der Waals surface area contributed by atoms with Crippen LogP contribution < -0.4 is 16.5 Å². The molecule has 1 aliphatic carbocycles. The number of benzene rings is 2. The number of nitrogens with two attached hydrogens (primary N) is 1. The van der Waals surface area contributed by atoms with Gasteiger partial charge in [0, 0.05) is 24.7 Å². The maximum absolute atomic E-state index is 15.0. The summed E-state index contributed by atoms with van der Waals surface area (Å²) in [6, 6.07) is 11.7. The smallest absolute Gasteiger partial charge is 0.341 e. The Morgan fingerprint density at radius 1 is 1.31 bits per heavy atom. The first-order chi connectivity index (χ1) is 13.9. The van der Waals surface area contributed by atoms with E-state index in [1.807, 2.05) is 25.1 Å². The lowest BCUT2D eigenvalue weighted by atomic mass is 9.75. The van der Waals surface area contributed by atoms with Crippen molar-refractivity contribution in [3.8, 4) is 0 Å². The highest BCUT2D eigenvalue weighted by molar-refractivity contribution is 5.99. The number of nitrogens with zero attached hydrogens (tertiary/aromatic N) is 1. The van der Waals surface area contributed by atoms with E-state index in [0.717, 1.165) is 12.8 Å². The molecule has 0 saturated heterocycles. The summed E-state index contributed by atoms with van der Waals surface area (Å²) >= 11 is 0. The first kappa shape index (κ1) is 19.0. The molecule has 29 heavy (non-hydrogen) atoms. The third-order valence-electron chi connectivity index (χ3n) is 5.76. The van der Waals surface area contributed by atoms with Gasteiger partial charge >= 0.3 is 5.97 Å². The van der Waals surface area contributed by atoms with Crippen LogP contribution in [-0.2, 0) is 6.54 Å². The number of carboxylic acid groups (broad SMARTS) is 1. The zero-order chi connectivity index (χ0) is 20.7. The van der Waals surface area contributed by atoms with E-state index in [2.05, 4.69) is 17.4 Å². The van der Waals surface area contributed by atoms with Gasteiger partial charge in [0.1, 0.15) is 5.56 Å². The predicted octanol–water partition coefficient (Wildman–Crippen LogP) is 3.80. The number of nitrogens with one attached hydrogen (secondary N) is 1. The monoisotopic (exact) mass is 395 g/mol. The Morgan fingerprint density at radius 3 is 2.62 bits per heavy atom. The normalized spacial score (nSPS) is 18.4. The number of halogens is 1. The molecular weight excluding hydrogens is 373 g/mol. The van der Waals surface area contributed by atoms with Crippen molar-refractivity contribution in [1.29, 1.82) is 0 Å². The van der Waals surface area contributed by atoms with E-state index in [-0.39, 0.29) is 28.7 Å². The van der Waals surface area contributed by atoms with Crippen molar-refractivity contribution in [1.82, 2.24) is 4.57 Å². The first-order valence-electron chi connectivity index (χ1n) is 9.62. The molecule has 1 aliphatic rings. The first-order valence-corrected chi connectivity index (χ1v) is 9.62. The summed E-state index contributed by atoms with van der Waals surface area (Å²) < 4.78 is 16.7. The lowest BCUT2D eigenvalue weighted by Gasteiger charge is -2.38. The fraction of sp³-hybridized carbons (Fsp3) is 0.273. The third-order valence-corrected chi connectivity index (χ3v) is 5.76. The highest BCUT2D eigenvalue weighted by Crippen LogP contribution is 2.40. The van der Waals surface area contributed by atoms with E-state index in [4.69, 9.17) is 5.73 Å². The Morgan fingerprint density at radius 2 is 2.03 bits per heavy atom. The van der Waals surface area contributed by atoms with Crippen LogP contribution in [0.2, 0.25) is 0 Å². The summed E-state index contributed by atoms with van der Waals surface area (Å²) in [6.45, 7) is 2.23. The number of pyridine rings is 1. The largest absolute Gasteiger partial charge is 0.477 e. The fourth-order valence-corrected chi connectivity index (χ4v) is 4.04. The number of carboxylic acids is 1. The van der Waals surface area contributed by atoms with Crippen LogP contribution in [0.15, 0.2) is 47.4 Å². The summed E-state index contributed by atoms with van der Waals surface area (Å²) in [5, 5.41) is 12.5. The minimum atomic E-state index is -1.36. The second-order valence-corrected chi connectivity index (χ2v) is 7.35. The quantitative estimate of drug-likeness (QED) is 0.571. The SMILES string of the molecule is CCn1cc(C(=O)O)c(=O)c2c(N)c(F)c(N[C@@H]3CC[C@@H]3c3ccccc3)cc21. The van der Waals surface area contributed by atoms with Gasteiger partial charge < -0.3 is 20.7 Å². The average Bonchev–Trinajstić information content (AvgIpc) is 2.69. The zero-order valence-corrected chi connectivity index (χ0v) is 16.0. The van der Waals surface area contributed by atoms with Gasteiger partial charge in [-0.3, -0.25) is 4.79 Å². The summed E-state index contributed by atoms with van der Waals surface area (Å²) in [7, 11) is 0. The van der Waals surface area contributed by atoms with Crippen LogP contribution in [0.25, 0.3) is 10.9 Å². The van der Waals surface area contributed by atoms with Crippen LogP contribution in [0.1, 0.15) is 41.6 Å². The van der Waals surface area contributed by atoms with Crippen LogP contribution in [0.5, 0.6) is 0 Å². The number of anilines is 2. The molecule has 1 aromatic heterocycles. The second kappa shape index (κ2) is 7.24. The number of carbonyl (C=O) groups is 1. The minimum Gasteiger partial charge on any atom is -0.477 e. The van der Waals surface area contributed by atoms with Gasteiger partial charge in [0.25, 0.3) is 0 Å². The van der Waals surface area contributed by atoms with E-state index in [1.165, 1.54) is 11.8 Å². The number of rotatable bonds is 5. The van der Waals surface area contributed by atoms with Crippen molar-refractivity contribution in [3.05, 3.63) is 69.8 Å². The number of fused-ring (bicyclic) bond motifs is 1. The van der Waals surface area contributed by atoms with Gasteiger partial charge in [-0.2, -0.15) is 0 Å². The Kier molecular flexibility index (Phi) is 4.74. The number of nitrogen functional groups attached to an aromatic ring is 1. The minimum absolute atomic E-state index is 0.0591. The predicted molar refractivity (Wildman–Crippen MR) is 111 cm³/mol. The molecule has 0 radical (unpaired) electrons. The number of hydrogen-bond acceptors (Lipinski definition) is 4. The highest BCUT2D eigenvalue weighted by atomic mass is 19.1. The molecule has 0 amide bonds. The molecule has 1 fully saturated rings. The van der Waals surface area contributed by atoms with E-state index >= 15 is 4.39 Å². The maximum atomic E-state index is 15.0. The summed E-state index contributed by atoms with van der Waals surface area (Å²) in [5.41, 5.74) is 6.29. The molecule has 1 saturated carbocycles. The highest BCUT2D eigenvalue weighted by Gasteiger charge is 2.33. The summed E-state index contributed by atoms with van der Waals surface area (Å²) in [5.74, 6) is -1.81. The number of aromatic nitrogens is 1. The molecule has 0 spiro atoms. The van der Waals surface area contributed by atoms with Gasteiger partial charge in [-0.25, -0.2) is 9.18 Å². The Hall–Kier alpha value is -3.35. The van der Waals surface area contributed by atoms with Gasteiger partial charge in [0.15, 0.2) is 5.82 Å². The lowest BCUT2D eigenvalue weighted by Crippen LogP contribution is -2.36. The van der Waals surface area contributed by atoms with Crippen molar-refractivity contribution in [2.24, 2.45) is 0 Å². The van der Waals surface area contributed by atoms with Gasteiger partial charge in [-0.05, 0) is 31.4 Å². The van der Waals surface area contributed by atoms with Gasteiger partial charge in [0.05, 0.1) is 22.3 Å². The molecule has 150 valence electrons. The molecule has 0 unspecified atom stereocenters. The standard InChI is InChI=1S/C22H22FN3O3/c1-2-26-11-14(22(28)29)21(27)18-17(26)10-16(19(23)20(18)24)25-15-9-8-13(15)12-6-4-3-5-7-12/h3-7,10-11,13,15,25H,2,8-9,24H2,1H3,(H,28,29)/t13-,15-/m1/s1. The topological polar surface area (TPSA) is 97.4 Å². The molecule has 0 aliphatic heterocycles. The molecule has 2 aromatic carbocycles. The van der Waals surface area contributed by atoms with Crippen LogP contribution in [0, 0.1) is 5.82 Å². The summed E-state index contributed by atoms with van der Waals surface area (Å²) in [4.78, 5) is 24.0. The molecule has 6 nitrogen and oxygen atoms in total. The molecular formula is C22H22FN3O3. The number of hydrogen-bond donors (Lipinski definition) is 3. The fourth-order valence-electron chi connectivity index (χ4n) is 4.04. The second-order valence-electron chi connectivity index (χ2n) is 7.35. The van der Waals surface area contributed by atoms with E-state index in [9.17, 15) is 14.7 Å². The zero-order valence-electron chi connectivity index (χ0n) is 16.0. The van der Waals surface area contributed by atoms with Crippen molar-refractivity contribution < 1.29 is 14.3 Å². The van der Waals surface area contributed by atoms with Gasteiger partial charge in [-0.1, -0.05) is 30.3 Å². The van der Waals surface area contributed by atoms with Crippen molar-refractivity contribution >= 4 is 28.2 Å². The van der Waals surface area contributed by atoms with Crippen LogP contribution in [0.3, 0.4) is 0 Å². The Bertz CT molecular complexity index is 1160. The molecule has 7 heteroatoms. The Balaban J connectivity index is 1.79. The Labute approximate surface area is 166 Å². The van der Waals surface area contributed by atoms with Gasteiger partial charge in [0.2, 0.25) is 5.43 Å². The van der Waals surface area contributed by atoms with Crippen LogP contribution >= 0.6 is 0 Å². The molecule has 0 bridgehead atoms. The molecule has 4 rings (SSSR count). The molecule has 1 heterocycles. The molecule has 3 aromatic rings. The van der Waals surface area contributed by atoms with Crippen LogP contribution in [0.4, 0.5) is 15.8 Å². The van der Waals surface area contributed by atoms with Crippen molar-refractivity contribution in [3.63, 3.8) is 0 Å². The van der Waals surface area contributed by atoms with Crippen molar-refractivity contribution in [2.75, 3.05) is 11.1 Å². The van der Waals surface area contributed by atoms with Crippen molar-refractivity contribution in [2.45, 2.75) is 38.3 Å². The van der Waals surface area contributed by atoms with E-state index in [0.29, 0.717) is 12.1 Å². The number of aryl methyl sites for hydroxylation is 1. The average molecular weight is 395 g/mol. The van der Waals surface area contributed by atoms with E-state index < -0.39 is 22.8 Å². The van der Waals surface area contributed by atoms with Crippen LogP contribution in [-0.4, -0.2) is 21.7 Å². The van der Waals surface area contributed by atoms with Gasteiger partial charge in [-0.15, -0.1) is 0 Å². The van der Waals surface area contributed by atoms with E-state index in [1.54, 1.807) is 10.6 Å². The molecule has 2 atom stereocenters. The number of aromatic carboxylic acids is 1.